The molecule has 2 heteroatoms. The van der Waals surface area contributed by atoms with E-state index in [1.807, 2.05) is 42.5 Å². The third-order valence-electron chi connectivity index (χ3n) is 1.44. The Labute approximate surface area is 80.3 Å². The van der Waals surface area contributed by atoms with E-state index in [-0.39, 0.29) is 5.78 Å². The molecule has 12 heavy (non-hydrogen) atoms. The molecule has 62 valence electrons. The van der Waals surface area contributed by atoms with E-state index in [9.17, 15) is 4.79 Å². The van der Waals surface area contributed by atoms with E-state index in [1.165, 1.54) is 0 Å². The summed E-state index contributed by atoms with van der Waals surface area (Å²) in [4.78, 5) is 11.2. The van der Waals surface area contributed by atoms with E-state index in [4.69, 9.17) is 0 Å². The van der Waals surface area contributed by atoms with Gasteiger partial charge in [-0.05, 0) is 0 Å². The van der Waals surface area contributed by atoms with E-state index in [0.29, 0.717) is 5.33 Å². The van der Waals surface area contributed by atoms with Gasteiger partial charge in [0.15, 0.2) is 5.78 Å². The standard InChI is InChI=1S/C10H9BrO/c11-8-10(12)9-6-4-2-1-3-5-7-9/h1-7H,8H2/b2-1-,3-1?,4-2?,5-3-,6-4-,7-5?,9-6?,9-7+. The molecule has 0 radical (unpaired) electrons. The molecular formula is C10H9BrO. The van der Waals surface area contributed by atoms with Crippen LogP contribution in [0.15, 0.2) is 48.1 Å². The first-order valence-electron chi connectivity index (χ1n) is 3.65. The summed E-state index contributed by atoms with van der Waals surface area (Å²) in [5.41, 5.74) is 0.729. The summed E-state index contributed by atoms with van der Waals surface area (Å²) < 4.78 is 0. The average Bonchev–Trinajstić information content (AvgIpc) is 2.02. The Kier molecular flexibility index (Phi) is 3.74. The molecule has 1 rings (SSSR count). The highest BCUT2D eigenvalue weighted by Crippen LogP contribution is 2.04. The molecule has 0 amide bonds. The normalized spacial score (nSPS) is 27.6. The van der Waals surface area contributed by atoms with E-state index in [0.717, 1.165) is 5.57 Å². The fourth-order valence-corrected chi connectivity index (χ4v) is 1.15. The summed E-state index contributed by atoms with van der Waals surface area (Å²) in [7, 11) is 0. The SMILES string of the molecule is O=C(CBr)C1=C/C=C\C=C/C=C\1. The monoisotopic (exact) mass is 224 g/mol. The lowest BCUT2D eigenvalue weighted by Crippen LogP contribution is -2.00. The van der Waals surface area contributed by atoms with Gasteiger partial charge in [0.2, 0.25) is 0 Å². The number of ketones is 1. The molecule has 1 aliphatic rings. The first-order chi connectivity index (χ1) is 5.84. The Morgan fingerprint density at radius 1 is 1.17 bits per heavy atom. The van der Waals surface area contributed by atoms with Gasteiger partial charge in [-0.2, -0.15) is 0 Å². The van der Waals surface area contributed by atoms with Crippen LogP contribution in [0.1, 0.15) is 0 Å². The summed E-state index contributed by atoms with van der Waals surface area (Å²) in [5, 5.41) is 0.376. The van der Waals surface area contributed by atoms with Gasteiger partial charge in [-0.15, -0.1) is 0 Å². The molecule has 0 aromatic carbocycles. The zero-order chi connectivity index (χ0) is 8.81. The van der Waals surface area contributed by atoms with Crippen molar-refractivity contribution in [2.75, 3.05) is 5.33 Å². The Hall–Kier alpha value is -0.890. The molecule has 0 bridgehead atoms. The predicted molar refractivity (Wildman–Crippen MR) is 54.3 cm³/mol. The maximum absolute atomic E-state index is 11.2. The van der Waals surface area contributed by atoms with E-state index in [1.54, 1.807) is 0 Å². The number of alkyl halides is 1. The molecule has 0 unspecified atom stereocenters. The van der Waals surface area contributed by atoms with Crippen LogP contribution < -0.4 is 0 Å². The van der Waals surface area contributed by atoms with Crippen molar-refractivity contribution in [1.82, 2.24) is 0 Å². The quantitative estimate of drug-likeness (QED) is 0.660. The van der Waals surface area contributed by atoms with Crippen molar-refractivity contribution in [1.29, 1.82) is 0 Å². The second kappa shape index (κ2) is 4.88. The van der Waals surface area contributed by atoms with Crippen LogP contribution in [0.2, 0.25) is 0 Å². The maximum Gasteiger partial charge on any atom is 0.173 e. The predicted octanol–water partition coefficient (Wildman–Crippen LogP) is 2.56. The van der Waals surface area contributed by atoms with Crippen LogP contribution in [0.3, 0.4) is 0 Å². The number of hydrogen-bond donors (Lipinski definition) is 0. The minimum absolute atomic E-state index is 0.103. The van der Waals surface area contributed by atoms with Gasteiger partial charge in [0.25, 0.3) is 0 Å². The molecule has 0 spiro atoms. The lowest BCUT2D eigenvalue weighted by atomic mass is 10.1. The van der Waals surface area contributed by atoms with Crippen LogP contribution in [-0.2, 0) is 4.79 Å². The van der Waals surface area contributed by atoms with Crippen LogP contribution in [0, 0.1) is 0 Å². The number of Topliss-reactive ketones (excluding diaryl/α,β-unsaturated/α-hetero) is 1. The lowest BCUT2D eigenvalue weighted by Gasteiger charge is -1.96. The first kappa shape index (κ1) is 9.20. The van der Waals surface area contributed by atoms with E-state index >= 15 is 0 Å². The summed E-state index contributed by atoms with van der Waals surface area (Å²) in [6.45, 7) is 0. The number of halogens is 1. The van der Waals surface area contributed by atoms with Gasteiger partial charge in [0.05, 0.1) is 5.33 Å². The molecule has 0 aliphatic heterocycles. The minimum atomic E-state index is 0.103. The molecule has 0 N–H and O–H groups in total. The van der Waals surface area contributed by atoms with Crippen molar-refractivity contribution in [3.63, 3.8) is 0 Å². The van der Waals surface area contributed by atoms with E-state index in [2.05, 4.69) is 15.9 Å². The maximum atomic E-state index is 11.2. The highest BCUT2D eigenvalue weighted by Gasteiger charge is 2.02. The molecule has 0 atom stereocenters. The Morgan fingerprint density at radius 2 is 1.83 bits per heavy atom. The zero-order valence-electron chi connectivity index (χ0n) is 6.53. The van der Waals surface area contributed by atoms with Crippen molar-refractivity contribution >= 4 is 21.7 Å². The number of hydrogen-bond acceptors (Lipinski definition) is 1. The van der Waals surface area contributed by atoms with Crippen LogP contribution in [0.5, 0.6) is 0 Å². The molecule has 0 aromatic rings. The third-order valence-corrected chi connectivity index (χ3v) is 1.95. The fourth-order valence-electron chi connectivity index (χ4n) is 0.829. The topological polar surface area (TPSA) is 17.1 Å². The molecule has 0 aromatic heterocycles. The second-order valence-corrected chi connectivity index (χ2v) is 2.87. The minimum Gasteiger partial charge on any atom is -0.293 e. The van der Waals surface area contributed by atoms with Crippen LogP contribution in [0.4, 0.5) is 0 Å². The van der Waals surface area contributed by atoms with Crippen molar-refractivity contribution in [2.24, 2.45) is 0 Å². The molecule has 1 aliphatic carbocycles. The number of allylic oxidation sites excluding steroid dienone is 8. The number of carbonyl (C=O) groups is 1. The molecule has 0 saturated heterocycles. The smallest absolute Gasteiger partial charge is 0.173 e. The van der Waals surface area contributed by atoms with Gasteiger partial charge in [-0.25, -0.2) is 0 Å². The van der Waals surface area contributed by atoms with E-state index < -0.39 is 0 Å². The molecule has 1 nitrogen and oxygen atoms in total. The molecular weight excluding hydrogens is 216 g/mol. The fraction of sp³-hybridized carbons (Fsp3) is 0.100. The van der Waals surface area contributed by atoms with Crippen molar-refractivity contribution < 1.29 is 4.79 Å². The van der Waals surface area contributed by atoms with Crippen LogP contribution in [-0.4, -0.2) is 11.1 Å². The average molecular weight is 225 g/mol. The van der Waals surface area contributed by atoms with Gasteiger partial charge >= 0.3 is 0 Å². The third kappa shape index (κ3) is 2.62. The van der Waals surface area contributed by atoms with Gasteiger partial charge in [0, 0.05) is 5.57 Å². The van der Waals surface area contributed by atoms with Crippen molar-refractivity contribution in [3.8, 4) is 0 Å². The highest BCUT2D eigenvalue weighted by molar-refractivity contribution is 9.09. The summed E-state index contributed by atoms with van der Waals surface area (Å²) in [6.07, 6.45) is 13.0. The largest absolute Gasteiger partial charge is 0.293 e. The zero-order valence-corrected chi connectivity index (χ0v) is 8.12. The lowest BCUT2D eigenvalue weighted by molar-refractivity contribution is -0.112. The van der Waals surface area contributed by atoms with Crippen LogP contribution >= 0.6 is 15.9 Å². The van der Waals surface area contributed by atoms with Crippen molar-refractivity contribution in [2.45, 2.75) is 0 Å². The molecule has 0 fully saturated rings. The second-order valence-electron chi connectivity index (χ2n) is 2.31. The Bertz CT molecular complexity index is 282. The summed E-state index contributed by atoms with van der Waals surface area (Å²) in [5.74, 6) is 0.103. The first-order valence-corrected chi connectivity index (χ1v) is 4.77. The Morgan fingerprint density at radius 3 is 2.58 bits per heavy atom. The number of rotatable bonds is 2. The molecule has 0 heterocycles. The summed E-state index contributed by atoms with van der Waals surface area (Å²) in [6, 6.07) is 0. The van der Waals surface area contributed by atoms with Crippen LogP contribution in [0.25, 0.3) is 0 Å². The molecule has 0 saturated carbocycles. The highest BCUT2D eigenvalue weighted by atomic mass is 79.9. The van der Waals surface area contributed by atoms with Gasteiger partial charge in [0.1, 0.15) is 0 Å². The van der Waals surface area contributed by atoms with Gasteiger partial charge in [-0.3, -0.25) is 4.79 Å². The van der Waals surface area contributed by atoms with Crippen molar-refractivity contribution in [3.05, 3.63) is 48.1 Å². The van der Waals surface area contributed by atoms with Gasteiger partial charge < -0.3 is 0 Å². The van der Waals surface area contributed by atoms with Gasteiger partial charge in [-0.1, -0.05) is 58.5 Å². The number of carbonyl (C=O) groups excluding carboxylic acids is 1. The Balaban J connectivity index is 2.82. The summed E-state index contributed by atoms with van der Waals surface area (Å²) >= 11 is 3.13.